The van der Waals surface area contributed by atoms with Gasteiger partial charge in [0.25, 0.3) is 0 Å². The molecule has 0 aromatic heterocycles. The highest BCUT2D eigenvalue weighted by atomic mass is 31.2. The lowest BCUT2D eigenvalue weighted by Gasteiger charge is -2.19. The zero-order valence-corrected chi connectivity index (χ0v) is 38.9. The molecule has 0 rings (SSSR count). The van der Waals surface area contributed by atoms with Crippen molar-refractivity contribution < 1.29 is 42.7 Å². The van der Waals surface area contributed by atoms with E-state index >= 15 is 0 Å². The number of ether oxygens (including phenoxy) is 2. The van der Waals surface area contributed by atoms with Crippen LogP contribution in [0.3, 0.4) is 0 Å². The van der Waals surface area contributed by atoms with Gasteiger partial charge in [-0.25, -0.2) is 4.57 Å². The van der Waals surface area contributed by atoms with Crippen LogP contribution in [-0.2, 0) is 32.7 Å². The Balaban J connectivity index is 4.21. The molecule has 0 saturated heterocycles. The van der Waals surface area contributed by atoms with E-state index in [1.54, 1.807) is 6.08 Å². The number of phosphoric ester groups is 1. The van der Waals surface area contributed by atoms with E-state index in [1.165, 1.54) is 116 Å². The minimum absolute atomic E-state index is 0.0328. The Morgan fingerprint density at radius 2 is 1.08 bits per heavy atom. The first-order valence-electron chi connectivity index (χ1n) is 23.9. The van der Waals surface area contributed by atoms with Gasteiger partial charge in [-0.05, 0) is 70.6 Å². The van der Waals surface area contributed by atoms with Crippen molar-refractivity contribution in [2.45, 2.75) is 212 Å². The second kappa shape index (κ2) is 44.7. The van der Waals surface area contributed by atoms with E-state index < -0.39 is 38.6 Å². The van der Waals surface area contributed by atoms with Gasteiger partial charge in [0.1, 0.15) is 6.61 Å². The van der Waals surface area contributed by atoms with Gasteiger partial charge in [0.05, 0.1) is 19.3 Å². The van der Waals surface area contributed by atoms with Crippen LogP contribution >= 0.6 is 7.82 Å². The summed E-state index contributed by atoms with van der Waals surface area (Å²) >= 11 is 0. The van der Waals surface area contributed by atoms with E-state index in [0.29, 0.717) is 25.7 Å². The van der Waals surface area contributed by atoms with Gasteiger partial charge in [-0.2, -0.15) is 0 Å². The quantitative estimate of drug-likeness (QED) is 0.0177. The fraction of sp³-hybridized carbons (Fsp3) is 0.755. The van der Waals surface area contributed by atoms with Crippen LogP contribution < -0.4 is 5.73 Å². The largest absolute Gasteiger partial charge is 0.472 e. The number of phosphoric acid groups is 1. The Morgan fingerprint density at radius 3 is 1.70 bits per heavy atom. The Kier molecular flexibility index (Phi) is 43.0. The molecule has 0 heterocycles. The Bertz CT molecular complexity index is 1190. The first-order chi connectivity index (χ1) is 29.2. The maximum atomic E-state index is 12.6. The minimum atomic E-state index is -4.41. The predicted octanol–water partition coefficient (Wildman–Crippen LogP) is 13.0. The average molecular weight is 866 g/mol. The van der Waals surface area contributed by atoms with Crippen molar-refractivity contribution in [1.29, 1.82) is 0 Å². The molecule has 1 unspecified atom stereocenters. The molecular weight excluding hydrogens is 778 g/mol. The van der Waals surface area contributed by atoms with Crippen LogP contribution in [-0.4, -0.2) is 60.5 Å². The van der Waals surface area contributed by atoms with E-state index in [2.05, 4.69) is 32.1 Å². The molecular formula is C49H88NO9P. The van der Waals surface area contributed by atoms with Crippen LogP contribution in [0.4, 0.5) is 0 Å². The summed E-state index contributed by atoms with van der Waals surface area (Å²) in [4.78, 5) is 34.9. The maximum Gasteiger partial charge on any atom is 0.472 e. The van der Waals surface area contributed by atoms with Crippen LogP contribution in [0, 0.1) is 0 Å². The van der Waals surface area contributed by atoms with Crippen molar-refractivity contribution in [3.63, 3.8) is 0 Å². The molecule has 0 aliphatic carbocycles. The lowest BCUT2D eigenvalue weighted by atomic mass is 10.0. The molecule has 0 aliphatic heterocycles. The fourth-order valence-electron chi connectivity index (χ4n) is 6.35. The first kappa shape index (κ1) is 57.7. The number of hydrogen-bond donors (Lipinski definition) is 3. The molecule has 10 nitrogen and oxygen atoms in total. The summed E-state index contributed by atoms with van der Waals surface area (Å²) < 4.78 is 32.8. The Hall–Kier alpha value is -2.33. The van der Waals surface area contributed by atoms with Crippen LogP contribution in [0.15, 0.2) is 60.8 Å². The summed E-state index contributed by atoms with van der Waals surface area (Å²) in [7, 11) is -4.41. The molecule has 0 aromatic carbocycles. The van der Waals surface area contributed by atoms with E-state index in [9.17, 15) is 24.2 Å². The van der Waals surface area contributed by atoms with Crippen molar-refractivity contribution in [1.82, 2.24) is 0 Å². The fourth-order valence-corrected chi connectivity index (χ4v) is 7.12. The number of carbonyl (C=O) groups excluding carboxylic acids is 2. The molecule has 0 amide bonds. The molecule has 60 heavy (non-hydrogen) atoms. The number of allylic oxidation sites excluding steroid dienone is 8. The maximum absolute atomic E-state index is 12.6. The SMILES string of the molecule is CCCCC/C=C\C[C@H](O)/C=C/C=C\C/C=C\CCCC(=O)O[C@H](COC(=O)CCCCCCCCCCCCC/C=C\CCCCCCCC)COP(=O)(O)OCCN. The molecule has 348 valence electrons. The molecule has 3 atom stereocenters. The van der Waals surface area contributed by atoms with Gasteiger partial charge in [-0.3, -0.25) is 18.6 Å². The first-order valence-corrected chi connectivity index (χ1v) is 25.4. The Labute approximate surface area is 366 Å². The lowest BCUT2D eigenvalue weighted by Crippen LogP contribution is -2.29. The van der Waals surface area contributed by atoms with Gasteiger partial charge in [0, 0.05) is 19.4 Å². The number of carbonyl (C=O) groups is 2. The second-order valence-electron chi connectivity index (χ2n) is 15.8. The van der Waals surface area contributed by atoms with Crippen molar-refractivity contribution >= 4 is 19.8 Å². The van der Waals surface area contributed by atoms with Gasteiger partial charge in [0.2, 0.25) is 0 Å². The van der Waals surface area contributed by atoms with E-state index in [4.69, 9.17) is 24.3 Å². The number of esters is 2. The highest BCUT2D eigenvalue weighted by Crippen LogP contribution is 2.43. The monoisotopic (exact) mass is 866 g/mol. The van der Waals surface area contributed by atoms with Crippen molar-refractivity contribution in [2.75, 3.05) is 26.4 Å². The number of aliphatic hydroxyl groups is 1. The van der Waals surface area contributed by atoms with Crippen LogP contribution in [0.2, 0.25) is 0 Å². The summed E-state index contributed by atoms with van der Waals surface area (Å²) in [5.74, 6) is -0.933. The smallest absolute Gasteiger partial charge is 0.462 e. The Morgan fingerprint density at radius 1 is 0.583 bits per heavy atom. The second-order valence-corrected chi connectivity index (χ2v) is 17.3. The summed E-state index contributed by atoms with van der Waals surface area (Å²) in [5.41, 5.74) is 5.35. The highest BCUT2D eigenvalue weighted by Gasteiger charge is 2.26. The van der Waals surface area contributed by atoms with E-state index in [1.807, 2.05) is 36.5 Å². The van der Waals surface area contributed by atoms with Crippen molar-refractivity contribution in [2.24, 2.45) is 5.73 Å². The highest BCUT2D eigenvalue weighted by molar-refractivity contribution is 7.47. The molecule has 0 aliphatic rings. The number of aliphatic hydroxyl groups excluding tert-OH is 1. The number of unbranched alkanes of at least 4 members (excludes halogenated alkanes) is 21. The molecule has 0 bridgehead atoms. The normalized spacial score (nSPS) is 14.3. The molecule has 0 fully saturated rings. The van der Waals surface area contributed by atoms with Gasteiger partial charge >= 0.3 is 19.8 Å². The predicted molar refractivity (Wildman–Crippen MR) is 249 cm³/mol. The standard InChI is InChI=1S/C49H88NO9P/c1-3-5-7-9-11-12-13-14-15-16-17-18-19-20-21-22-23-24-28-32-36-40-48(52)56-44-47(45-58-60(54,55)57-43-42-50)59-49(53)41-37-33-29-26-25-27-31-35-39-46(51)38-34-30-10-8-6-4-2/h14-15,26-27,29-31,34-35,39,46-47,51H,3-13,16-25,28,32-33,36-38,40-45,50H2,1-2H3,(H,54,55)/b15-14-,29-26-,31-27-,34-30-,39-35+/t46-,47+/m0/s1. The molecule has 0 spiro atoms. The third-order valence-corrected chi connectivity index (χ3v) is 10.9. The van der Waals surface area contributed by atoms with Crippen LogP contribution in [0.5, 0.6) is 0 Å². The summed E-state index contributed by atoms with van der Waals surface area (Å²) in [6, 6.07) is 0. The van der Waals surface area contributed by atoms with Crippen LogP contribution in [0.25, 0.3) is 0 Å². The molecule has 0 saturated carbocycles. The third kappa shape index (κ3) is 43.7. The van der Waals surface area contributed by atoms with Gasteiger partial charge in [-0.1, -0.05) is 177 Å². The van der Waals surface area contributed by atoms with Crippen LogP contribution in [0.1, 0.15) is 200 Å². The summed E-state index contributed by atoms with van der Waals surface area (Å²) in [5, 5.41) is 10.0. The lowest BCUT2D eigenvalue weighted by molar-refractivity contribution is -0.161. The zero-order valence-electron chi connectivity index (χ0n) is 38.0. The summed E-state index contributed by atoms with van der Waals surface area (Å²) in [6.45, 7) is 3.55. The van der Waals surface area contributed by atoms with Gasteiger partial charge in [0.15, 0.2) is 6.10 Å². The summed E-state index contributed by atoms with van der Waals surface area (Å²) in [6.07, 6.45) is 50.0. The number of nitrogens with two attached hydrogens (primary N) is 1. The topological polar surface area (TPSA) is 155 Å². The number of hydrogen-bond acceptors (Lipinski definition) is 9. The van der Waals surface area contributed by atoms with Crippen molar-refractivity contribution in [3.05, 3.63) is 60.8 Å². The molecule has 0 aromatic rings. The number of rotatable bonds is 44. The minimum Gasteiger partial charge on any atom is -0.462 e. The van der Waals surface area contributed by atoms with E-state index in [-0.39, 0.29) is 32.6 Å². The zero-order chi connectivity index (χ0) is 44.0. The molecule has 0 radical (unpaired) electrons. The average Bonchev–Trinajstić information content (AvgIpc) is 3.23. The molecule has 4 N–H and O–H groups in total. The van der Waals surface area contributed by atoms with Gasteiger partial charge < -0.3 is 25.2 Å². The third-order valence-electron chi connectivity index (χ3n) is 9.96. The molecule has 11 heteroatoms. The van der Waals surface area contributed by atoms with Gasteiger partial charge in [-0.15, -0.1) is 0 Å². The van der Waals surface area contributed by atoms with E-state index in [0.717, 1.165) is 32.1 Å². The van der Waals surface area contributed by atoms with Crippen molar-refractivity contribution in [3.8, 4) is 0 Å².